The summed E-state index contributed by atoms with van der Waals surface area (Å²) in [7, 11) is -4.32. The van der Waals surface area contributed by atoms with Crippen LogP contribution in [0.3, 0.4) is 0 Å². The second kappa shape index (κ2) is 10.3. The Morgan fingerprint density at radius 2 is 1.88 bits per heavy atom. The number of fused-ring (bicyclic) bond motifs is 1. The van der Waals surface area contributed by atoms with Crippen molar-refractivity contribution in [3.05, 3.63) is 64.4 Å². The first-order chi connectivity index (χ1) is 15.2. The molecule has 0 unspecified atom stereocenters. The quantitative estimate of drug-likeness (QED) is 0.265. The van der Waals surface area contributed by atoms with E-state index in [-0.39, 0.29) is 13.0 Å². The number of rotatable bonds is 9. The predicted octanol–water partition coefficient (Wildman–Crippen LogP) is 3.88. The molecule has 1 heterocycles. The van der Waals surface area contributed by atoms with Crippen LogP contribution in [0.15, 0.2) is 42.5 Å². The van der Waals surface area contributed by atoms with E-state index in [0.717, 1.165) is 22.4 Å². The Hall–Kier alpha value is -2.68. The SMILES string of the molecule is CCOC(=O)c1ccc2c(c1)n(CCCS(=O)(=O)[O-])c(C=Cc1ccc(Cl)cc1)[n+]2CC. The van der Waals surface area contributed by atoms with E-state index in [9.17, 15) is 17.8 Å². The standard InChI is InChI=1S/C23H25ClN2O5S/c1-3-25-20-12-9-18(23(27)31-4-2)16-21(20)26(14-5-15-32(28,29)30)22(25)13-8-17-6-10-19(24)11-7-17/h6-13,16H,3-5,14-15H2,1-2H3. The zero-order valence-electron chi connectivity index (χ0n) is 18.0. The number of imidazole rings is 1. The summed E-state index contributed by atoms with van der Waals surface area (Å²) < 4.78 is 42.5. The van der Waals surface area contributed by atoms with Gasteiger partial charge in [0, 0.05) is 22.9 Å². The number of carbonyl (C=O) groups excluding carboxylic acids is 1. The van der Waals surface area contributed by atoms with E-state index in [1.807, 2.05) is 41.8 Å². The Labute approximate surface area is 192 Å². The first-order valence-electron chi connectivity index (χ1n) is 10.3. The lowest BCUT2D eigenvalue weighted by atomic mass is 10.2. The van der Waals surface area contributed by atoms with E-state index in [0.29, 0.717) is 23.7 Å². The summed E-state index contributed by atoms with van der Waals surface area (Å²) in [5.74, 6) is -0.0659. The monoisotopic (exact) mass is 476 g/mol. The first kappa shape index (κ1) is 24.0. The highest BCUT2D eigenvalue weighted by molar-refractivity contribution is 7.85. The Balaban J connectivity index is 2.11. The number of hydrogen-bond acceptors (Lipinski definition) is 5. The summed E-state index contributed by atoms with van der Waals surface area (Å²) >= 11 is 5.97. The smallest absolute Gasteiger partial charge is 0.338 e. The molecule has 0 saturated carbocycles. The third-order valence-corrected chi connectivity index (χ3v) is 6.05. The number of hydrogen-bond donors (Lipinski definition) is 0. The Morgan fingerprint density at radius 3 is 2.50 bits per heavy atom. The average Bonchev–Trinajstić information content (AvgIpc) is 3.04. The minimum Gasteiger partial charge on any atom is -0.748 e. The van der Waals surface area contributed by atoms with Crippen LogP contribution in [0.2, 0.25) is 5.02 Å². The second-order valence-corrected chi connectivity index (χ2v) is 9.14. The minimum atomic E-state index is -4.32. The molecule has 0 bridgehead atoms. The van der Waals surface area contributed by atoms with Crippen molar-refractivity contribution in [2.75, 3.05) is 12.4 Å². The Bertz CT molecular complexity index is 1250. The summed E-state index contributed by atoms with van der Waals surface area (Å²) in [6, 6.07) is 12.7. The van der Waals surface area contributed by atoms with Crippen LogP contribution in [0.5, 0.6) is 0 Å². The van der Waals surface area contributed by atoms with E-state index in [4.69, 9.17) is 16.3 Å². The molecule has 0 spiro atoms. The zero-order valence-corrected chi connectivity index (χ0v) is 19.5. The van der Waals surface area contributed by atoms with Crippen LogP contribution in [0.4, 0.5) is 0 Å². The average molecular weight is 477 g/mol. The van der Waals surface area contributed by atoms with Gasteiger partial charge in [0.15, 0.2) is 11.0 Å². The molecule has 9 heteroatoms. The highest BCUT2D eigenvalue weighted by Gasteiger charge is 2.24. The molecule has 0 fully saturated rings. The maximum Gasteiger partial charge on any atom is 0.338 e. The highest BCUT2D eigenvalue weighted by atomic mass is 35.5. The van der Waals surface area contributed by atoms with Crippen LogP contribution in [0, 0.1) is 0 Å². The van der Waals surface area contributed by atoms with Gasteiger partial charge in [0.25, 0.3) is 5.82 Å². The zero-order chi connectivity index (χ0) is 23.3. The largest absolute Gasteiger partial charge is 0.748 e. The molecule has 7 nitrogen and oxygen atoms in total. The van der Waals surface area contributed by atoms with Gasteiger partial charge in [-0.3, -0.25) is 0 Å². The number of aromatic nitrogens is 2. The molecule has 0 saturated heterocycles. The van der Waals surface area contributed by atoms with Gasteiger partial charge in [0.1, 0.15) is 0 Å². The van der Waals surface area contributed by atoms with Crippen LogP contribution >= 0.6 is 11.6 Å². The van der Waals surface area contributed by atoms with Gasteiger partial charge in [-0.1, -0.05) is 23.7 Å². The third kappa shape index (κ3) is 5.76. The van der Waals surface area contributed by atoms with Crippen LogP contribution in [0.1, 0.15) is 42.0 Å². The first-order valence-corrected chi connectivity index (χ1v) is 12.3. The highest BCUT2D eigenvalue weighted by Crippen LogP contribution is 2.21. The molecule has 2 aromatic carbocycles. The van der Waals surface area contributed by atoms with Crippen LogP contribution in [-0.4, -0.2) is 35.9 Å². The minimum absolute atomic E-state index is 0.157. The summed E-state index contributed by atoms with van der Waals surface area (Å²) in [6.45, 7) is 4.97. The van der Waals surface area contributed by atoms with E-state index in [2.05, 4.69) is 4.57 Å². The molecule has 32 heavy (non-hydrogen) atoms. The maximum atomic E-state index is 12.3. The molecule has 0 N–H and O–H groups in total. The number of ether oxygens (including phenoxy) is 1. The number of halogens is 1. The lowest BCUT2D eigenvalue weighted by Gasteiger charge is -2.06. The number of aryl methyl sites for hydroxylation is 2. The van der Waals surface area contributed by atoms with Gasteiger partial charge in [0.05, 0.1) is 35.4 Å². The van der Waals surface area contributed by atoms with Crippen molar-refractivity contribution in [2.24, 2.45) is 0 Å². The number of carbonyl (C=O) groups is 1. The number of nitrogens with zero attached hydrogens (tertiary/aromatic N) is 2. The summed E-state index contributed by atoms with van der Waals surface area (Å²) in [6.07, 6.45) is 4.02. The molecule has 0 aliphatic heterocycles. The molecule has 3 rings (SSSR count). The van der Waals surface area contributed by atoms with Gasteiger partial charge in [0.2, 0.25) is 0 Å². The number of esters is 1. The fourth-order valence-corrected chi connectivity index (χ4v) is 4.20. The van der Waals surface area contributed by atoms with Crippen molar-refractivity contribution in [1.29, 1.82) is 0 Å². The summed E-state index contributed by atoms with van der Waals surface area (Å²) in [5, 5.41) is 0.644. The van der Waals surface area contributed by atoms with Crippen LogP contribution < -0.4 is 4.57 Å². The van der Waals surface area contributed by atoms with Gasteiger partial charge in [-0.15, -0.1) is 0 Å². The third-order valence-electron chi connectivity index (χ3n) is 5.01. The van der Waals surface area contributed by atoms with E-state index < -0.39 is 21.8 Å². The normalized spacial score (nSPS) is 12.0. The van der Waals surface area contributed by atoms with Crippen LogP contribution in [0.25, 0.3) is 23.2 Å². The van der Waals surface area contributed by atoms with Crippen molar-refractivity contribution in [3.63, 3.8) is 0 Å². The van der Waals surface area contributed by atoms with Gasteiger partial charge in [-0.05, 0) is 56.2 Å². The van der Waals surface area contributed by atoms with Crippen molar-refractivity contribution >= 4 is 50.9 Å². The molecule has 3 aromatic rings. The molecule has 1 aromatic heterocycles. The van der Waals surface area contributed by atoms with E-state index >= 15 is 0 Å². The lowest BCUT2D eigenvalue weighted by molar-refractivity contribution is -0.670. The Morgan fingerprint density at radius 1 is 1.16 bits per heavy atom. The van der Waals surface area contributed by atoms with E-state index in [1.165, 1.54) is 0 Å². The molecule has 0 aliphatic rings. The lowest BCUT2D eigenvalue weighted by Crippen LogP contribution is -2.35. The van der Waals surface area contributed by atoms with Gasteiger partial charge < -0.3 is 9.29 Å². The van der Waals surface area contributed by atoms with E-state index in [1.54, 1.807) is 31.2 Å². The van der Waals surface area contributed by atoms with Gasteiger partial charge in [-0.2, -0.15) is 0 Å². The van der Waals surface area contributed by atoms with Crippen molar-refractivity contribution < 1.29 is 27.1 Å². The molecule has 0 atom stereocenters. The maximum absolute atomic E-state index is 12.3. The fourth-order valence-electron chi connectivity index (χ4n) is 3.59. The molecular formula is C23H25ClN2O5S. The molecule has 0 amide bonds. The van der Waals surface area contributed by atoms with Gasteiger partial charge >= 0.3 is 5.97 Å². The van der Waals surface area contributed by atoms with Gasteiger partial charge in [-0.25, -0.2) is 22.3 Å². The second-order valence-electron chi connectivity index (χ2n) is 7.18. The molecule has 170 valence electrons. The van der Waals surface area contributed by atoms with Crippen molar-refractivity contribution in [1.82, 2.24) is 4.57 Å². The summed E-state index contributed by atoms with van der Waals surface area (Å²) in [4.78, 5) is 12.3. The predicted molar refractivity (Wildman–Crippen MR) is 123 cm³/mol. The van der Waals surface area contributed by atoms with Crippen molar-refractivity contribution in [2.45, 2.75) is 33.4 Å². The molecule has 0 radical (unpaired) electrons. The molecule has 0 aliphatic carbocycles. The molecular weight excluding hydrogens is 452 g/mol. The summed E-state index contributed by atoms with van der Waals surface area (Å²) in [5.41, 5.74) is 3.01. The van der Waals surface area contributed by atoms with Crippen LogP contribution in [-0.2, 0) is 27.9 Å². The fraction of sp³-hybridized carbons (Fsp3) is 0.304. The van der Waals surface area contributed by atoms with Crippen molar-refractivity contribution in [3.8, 4) is 0 Å². The topological polar surface area (TPSA) is 92.3 Å². The number of benzene rings is 2. The Kier molecular flexibility index (Phi) is 7.71.